The fraction of sp³-hybridized carbons (Fsp3) is 0. The number of hydrogen-bond acceptors (Lipinski definition) is 2. The summed E-state index contributed by atoms with van der Waals surface area (Å²) < 4.78 is 0.597. The van der Waals surface area contributed by atoms with Crippen LogP contribution in [0.25, 0.3) is 22.3 Å². The number of H-pyrrole nitrogens is 1. The third-order valence-electron chi connectivity index (χ3n) is 2.72. The number of para-hydroxylation sites is 1. The number of fused-ring (bicyclic) bond motifs is 1. The summed E-state index contributed by atoms with van der Waals surface area (Å²) in [6.45, 7) is 0. The Hall–Kier alpha value is -1.71. The number of halogens is 1. The molecule has 2 aromatic carbocycles. The first-order valence-corrected chi connectivity index (χ1v) is 6.28. The summed E-state index contributed by atoms with van der Waals surface area (Å²) in [7, 11) is 0. The Bertz CT molecular complexity index is 780. The summed E-state index contributed by atoms with van der Waals surface area (Å²) >= 11 is 11.3. The van der Waals surface area contributed by atoms with Gasteiger partial charge in [0.1, 0.15) is 10.5 Å². The molecule has 0 aliphatic rings. The van der Waals surface area contributed by atoms with E-state index in [9.17, 15) is 0 Å². The Morgan fingerprint density at radius 1 is 1.06 bits per heavy atom. The van der Waals surface area contributed by atoms with Crippen LogP contribution in [0.3, 0.4) is 0 Å². The Kier molecular flexibility index (Phi) is 2.86. The maximum Gasteiger partial charge on any atom is 0.139 e. The van der Waals surface area contributed by atoms with Gasteiger partial charge in [-0.2, -0.15) is 0 Å². The highest BCUT2D eigenvalue weighted by Gasteiger charge is 2.03. The van der Waals surface area contributed by atoms with Gasteiger partial charge >= 0.3 is 0 Å². The molecule has 1 N–H and O–H groups in total. The van der Waals surface area contributed by atoms with Gasteiger partial charge in [-0.3, -0.25) is 0 Å². The van der Waals surface area contributed by atoms with Crippen LogP contribution in [0, 0.1) is 4.64 Å². The van der Waals surface area contributed by atoms with Gasteiger partial charge in [-0.25, -0.2) is 4.98 Å². The van der Waals surface area contributed by atoms with Gasteiger partial charge in [0.2, 0.25) is 0 Å². The highest BCUT2D eigenvalue weighted by atomic mass is 35.5. The van der Waals surface area contributed by atoms with E-state index in [0.29, 0.717) is 9.66 Å². The molecule has 0 spiro atoms. The molecule has 0 unspecified atom stereocenters. The van der Waals surface area contributed by atoms with E-state index in [0.717, 1.165) is 22.3 Å². The van der Waals surface area contributed by atoms with Gasteiger partial charge < -0.3 is 4.98 Å². The minimum Gasteiger partial charge on any atom is -0.339 e. The Morgan fingerprint density at radius 3 is 2.72 bits per heavy atom. The zero-order valence-electron chi connectivity index (χ0n) is 9.35. The summed E-state index contributed by atoms with van der Waals surface area (Å²) in [5, 5.41) is 1.64. The van der Waals surface area contributed by atoms with E-state index in [2.05, 4.69) is 9.97 Å². The minimum absolute atomic E-state index is 0.597. The van der Waals surface area contributed by atoms with Crippen molar-refractivity contribution in [3.63, 3.8) is 0 Å². The first kappa shape index (κ1) is 11.4. The first-order valence-electron chi connectivity index (χ1n) is 5.49. The van der Waals surface area contributed by atoms with Crippen molar-refractivity contribution in [2.24, 2.45) is 0 Å². The average molecular weight is 273 g/mol. The first-order chi connectivity index (χ1) is 8.74. The lowest BCUT2D eigenvalue weighted by molar-refractivity contribution is 1.21. The molecule has 0 atom stereocenters. The molecule has 0 bridgehead atoms. The molecule has 0 amide bonds. The molecular weight excluding hydrogens is 264 g/mol. The van der Waals surface area contributed by atoms with Crippen LogP contribution < -0.4 is 0 Å². The lowest BCUT2D eigenvalue weighted by atomic mass is 10.2. The molecule has 0 aliphatic carbocycles. The molecule has 4 heteroatoms. The summed E-state index contributed by atoms with van der Waals surface area (Å²) in [5.41, 5.74) is 1.91. The number of aromatic amines is 1. The van der Waals surface area contributed by atoms with Gasteiger partial charge in [0.05, 0.1) is 0 Å². The van der Waals surface area contributed by atoms with Crippen LogP contribution in [0.2, 0.25) is 5.02 Å². The van der Waals surface area contributed by atoms with Crippen molar-refractivity contribution in [2.45, 2.75) is 0 Å². The number of aromatic nitrogens is 2. The number of nitrogens with zero attached hydrogens (tertiary/aromatic N) is 1. The lowest BCUT2D eigenvalue weighted by Crippen LogP contribution is -1.91. The molecule has 0 fully saturated rings. The maximum absolute atomic E-state index is 5.99. The number of rotatable bonds is 1. The summed E-state index contributed by atoms with van der Waals surface area (Å²) in [6, 6.07) is 15.4. The van der Waals surface area contributed by atoms with Crippen molar-refractivity contribution in [3.05, 3.63) is 58.2 Å². The third kappa shape index (κ3) is 2.03. The molecule has 1 aromatic heterocycles. The van der Waals surface area contributed by atoms with Gasteiger partial charge in [0, 0.05) is 21.5 Å². The van der Waals surface area contributed by atoms with Crippen molar-refractivity contribution in [1.29, 1.82) is 0 Å². The van der Waals surface area contributed by atoms with Crippen molar-refractivity contribution >= 4 is 34.7 Å². The molecule has 3 rings (SSSR count). The smallest absolute Gasteiger partial charge is 0.139 e. The Balaban J connectivity index is 2.28. The van der Waals surface area contributed by atoms with Crippen LogP contribution in [-0.2, 0) is 0 Å². The predicted octanol–water partition coefficient (Wildman–Crippen LogP) is 4.61. The predicted molar refractivity (Wildman–Crippen MR) is 77.4 cm³/mol. The van der Waals surface area contributed by atoms with Crippen molar-refractivity contribution in [1.82, 2.24) is 9.97 Å². The van der Waals surface area contributed by atoms with Gasteiger partial charge in [-0.05, 0) is 24.3 Å². The minimum atomic E-state index is 0.597. The summed E-state index contributed by atoms with van der Waals surface area (Å²) in [5.74, 6) is 0.737. The third-order valence-corrected chi connectivity index (χ3v) is 3.27. The van der Waals surface area contributed by atoms with Gasteiger partial charge in [-0.15, -0.1) is 0 Å². The quantitative estimate of drug-likeness (QED) is 0.655. The number of hydrogen-bond donors (Lipinski definition) is 1. The van der Waals surface area contributed by atoms with Crippen molar-refractivity contribution in [3.8, 4) is 11.4 Å². The molecule has 0 saturated carbocycles. The molecule has 2 nitrogen and oxygen atoms in total. The second-order valence-electron chi connectivity index (χ2n) is 3.95. The fourth-order valence-corrected chi connectivity index (χ4v) is 2.33. The highest BCUT2D eigenvalue weighted by Crippen LogP contribution is 2.22. The van der Waals surface area contributed by atoms with Crippen molar-refractivity contribution in [2.75, 3.05) is 0 Å². The summed E-state index contributed by atoms with van der Waals surface area (Å²) in [6.07, 6.45) is 0. The Morgan fingerprint density at radius 2 is 1.89 bits per heavy atom. The van der Waals surface area contributed by atoms with Crippen LogP contribution in [0.5, 0.6) is 0 Å². The second kappa shape index (κ2) is 4.52. The zero-order valence-corrected chi connectivity index (χ0v) is 10.9. The number of nitrogens with one attached hydrogen (secondary N) is 1. The highest BCUT2D eigenvalue weighted by molar-refractivity contribution is 7.71. The summed E-state index contributed by atoms with van der Waals surface area (Å²) in [4.78, 5) is 7.69. The van der Waals surface area contributed by atoms with Gasteiger partial charge in [0.25, 0.3) is 0 Å². The lowest BCUT2D eigenvalue weighted by Gasteiger charge is -2.04. The zero-order chi connectivity index (χ0) is 12.5. The van der Waals surface area contributed by atoms with E-state index in [1.807, 2.05) is 48.5 Å². The van der Waals surface area contributed by atoms with E-state index < -0.39 is 0 Å². The number of benzene rings is 2. The monoisotopic (exact) mass is 272 g/mol. The van der Waals surface area contributed by atoms with E-state index in [4.69, 9.17) is 23.8 Å². The van der Waals surface area contributed by atoms with Crippen LogP contribution >= 0.6 is 23.8 Å². The fourth-order valence-electron chi connectivity index (χ4n) is 1.87. The Labute approximate surface area is 114 Å². The van der Waals surface area contributed by atoms with Gasteiger partial charge in [0.15, 0.2) is 0 Å². The molecular formula is C14H9ClN2S. The molecule has 88 valence electrons. The van der Waals surface area contributed by atoms with E-state index >= 15 is 0 Å². The largest absolute Gasteiger partial charge is 0.339 e. The SMILES string of the molecule is S=c1nc(-c2cccc(Cl)c2)[nH]c2ccccc12. The standard InChI is InChI=1S/C14H9ClN2S/c15-10-5-3-4-9(8-10)13-16-12-7-2-1-6-11(12)14(18)17-13/h1-8H,(H,16,17,18). The van der Waals surface area contributed by atoms with Crippen LogP contribution in [-0.4, -0.2) is 9.97 Å². The van der Waals surface area contributed by atoms with E-state index in [1.165, 1.54) is 0 Å². The van der Waals surface area contributed by atoms with Gasteiger partial charge in [-0.1, -0.05) is 48.1 Å². The molecule has 0 saturated heterocycles. The topological polar surface area (TPSA) is 28.7 Å². The van der Waals surface area contributed by atoms with Crippen molar-refractivity contribution < 1.29 is 0 Å². The second-order valence-corrected chi connectivity index (χ2v) is 4.77. The molecule has 0 radical (unpaired) electrons. The van der Waals surface area contributed by atoms with E-state index in [1.54, 1.807) is 0 Å². The normalized spacial score (nSPS) is 10.7. The average Bonchev–Trinajstić information content (AvgIpc) is 2.39. The van der Waals surface area contributed by atoms with E-state index in [-0.39, 0.29) is 0 Å². The van der Waals surface area contributed by atoms with Crippen LogP contribution in [0.4, 0.5) is 0 Å². The van der Waals surface area contributed by atoms with Crippen LogP contribution in [0.15, 0.2) is 48.5 Å². The van der Waals surface area contributed by atoms with Crippen LogP contribution in [0.1, 0.15) is 0 Å². The molecule has 1 heterocycles. The maximum atomic E-state index is 5.99. The molecule has 3 aromatic rings. The molecule has 0 aliphatic heterocycles. The molecule has 18 heavy (non-hydrogen) atoms.